The van der Waals surface area contributed by atoms with Crippen molar-refractivity contribution in [2.75, 3.05) is 7.11 Å². The number of halogens is 4. The Morgan fingerprint density at radius 1 is 1.33 bits per heavy atom. The SMILES string of the molecule is COC(CC(=O)O)(c1ccccc1F)C(F)(F)F. The fourth-order valence-corrected chi connectivity index (χ4v) is 1.65. The average Bonchev–Trinajstić information content (AvgIpc) is 2.25. The topological polar surface area (TPSA) is 46.5 Å². The molecular formula is C11H10F4O3. The fourth-order valence-electron chi connectivity index (χ4n) is 1.65. The minimum absolute atomic E-state index is 0.697. The minimum Gasteiger partial charge on any atom is -0.481 e. The van der Waals surface area contributed by atoms with E-state index in [9.17, 15) is 22.4 Å². The Morgan fingerprint density at radius 3 is 2.28 bits per heavy atom. The predicted octanol–water partition coefficient (Wildman–Crippen LogP) is 2.70. The number of rotatable bonds is 4. The molecule has 1 rings (SSSR count). The van der Waals surface area contributed by atoms with Crippen LogP contribution in [0.5, 0.6) is 0 Å². The van der Waals surface area contributed by atoms with Crippen LogP contribution in [0.25, 0.3) is 0 Å². The zero-order chi connectivity index (χ0) is 14.0. The lowest BCUT2D eigenvalue weighted by Crippen LogP contribution is -2.46. The smallest absolute Gasteiger partial charge is 0.422 e. The van der Waals surface area contributed by atoms with Crippen LogP contribution < -0.4 is 0 Å². The summed E-state index contributed by atoms with van der Waals surface area (Å²) in [5, 5.41) is 8.59. The van der Waals surface area contributed by atoms with Crippen LogP contribution in [0.1, 0.15) is 12.0 Å². The number of benzene rings is 1. The maximum absolute atomic E-state index is 13.5. The average molecular weight is 266 g/mol. The van der Waals surface area contributed by atoms with E-state index in [0.29, 0.717) is 7.11 Å². The van der Waals surface area contributed by atoms with Crippen molar-refractivity contribution in [1.29, 1.82) is 0 Å². The van der Waals surface area contributed by atoms with Crippen molar-refractivity contribution in [2.24, 2.45) is 0 Å². The Bertz CT molecular complexity index is 444. The molecule has 1 aromatic carbocycles. The zero-order valence-electron chi connectivity index (χ0n) is 9.29. The Morgan fingerprint density at radius 2 is 1.89 bits per heavy atom. The van der Waals surface area contributed by atoms with Crippen molar-refractivity contribution < 1.29 is 32.2 Å². The number of methoxy groups -OCH3 is 1. The van der Waals surface area contributed by atoms with E-state index >= 15 is 0 Å². The van der Waals surface area contributed by atoms with Gasteiger partial charge in [-0.05, 0) is 6.07 Å². The molecule has 0 aromatic heterocycles. The molecule has 0 bridgehead atoms. The van der Waals surface area contributed by atoms with Crippen LogP contribution in [-0.4, -0.2) is 24.4 Å². The summed E-state index contributed by atoms with van der Waals surface area (Å²) in [5.41, 5.74) is -4.04. The fraction of sp³-hybridized carbons (Fsp3) is 0.364. The van der Waals surface area contributed by atoms with Gasteiger partial charge in [-0.25, -0.2) is 4.39 Å². The molecule has 0 radical (unpaired) electrons. The molecule has 0 saturated carbocycles. The lowest BCUT2D eigenvalue weighted by atomic mass is 9.89. The van der Waals surface area contributed by atoms with Crippen LogP contribution in [0, 0.1) is 5.82 Å². The van der Waals surface area contributed by atoms with Gasteiger partial charge in [-0.1, -0.05) is 18.2 Å². The van der Waals surface area contributed by atoms with Crippen LogP contribution in [0.2, 0.25) is 0 Å². The van der Waals surface area contributed by atoms with Crippen molar-refractivity contribution in [2.45, 2.75) is 18.2 Å². The Hall–Kier alpha value is -1.63. The highest BCUT2D eigenvalue weighted by Crippen LogP contribution is 2.45. The Balaban J connectivity index is 3.45. The second-order valence-electron chi connectivity index (χ2n) is 3.58. The highest BCUT2D eigenvalue weighted by atomic mass is 19.4. The van der Waals surface area contributed by atoms with Gasteiger partial charge in [-0.3, -0.25) is 4.79 Å². The van der Waals surface area contributed by atoms with E-state index in [0.717, 1.165) is 12.1 Å². The van der Waals surface area contributed by atoms with Crippen LogP contribution in [0.3, 0.4) is 0 Å². The minimum atomic E-state index is -5.05. The Labute approximate surface area is 100.0 Å². The molecule has 0 aliphatic heterocycles. The number of hydrogen-bond acceptors (Lipinski definition) is 2. The summed E-state index contributed by atoms with van der Waals surface area (Å²) in [6.07, 6.45) is -6.46. The monoisotopic (exact) mass is 266 g/mol. The van der Waals surface area contributed by atoms with E-state index in [4.69, 9.17) is 5.11 Å². The molecule has 0 spiro atoms. The maximum Gasteiger partial charge on any atom is 0.422 e. The van der Waals surface area contributed by atoms with Gasteiger partial charge in [0.15, 0.2) is 0 Å². The van der Waals surface area contributed by atoms with E-state index in [1.54, 1.807) is 0 Å². The van der Waals surface area contributed by atoms with Crippen molar-refractivity contribution >= 4 is 5.97 Å². The third-order valence-corrected chi connectivity index (χ3v) is 2.52. The first-order valence-corrected chi connectivity index (χ1v) is 4.83. The maximum atomic E-state index is 13.5. The molecule has 100 valence electrons. The predicted molar refractivity (Wildman–Crippen MR) is 53.4 cm³/mol. The molecular weight excluding hydrogens is 256 g/mol. The molecule has 1 atom stereocenters. The number of hydrogen-bond donors (Lipinski definition) is 1. The normalized spacial score (nSPS) is 15.2. The molecule has 0 amide bonds. The Kier molecular flexibility index (Phi) is 3.95. The van der Waals surface area contributed by atoms with Gasteiger partial charge in [-0.2, -0.15) is 13.2 Å². The third kappa shape index (κ3) is 2.45. The van der Waals surface area contributed by atoms with Crippen molar-refractivity contribution in [3.8, 4) is 0 Å². The van der Waals surface area contributed by atoms with E-state index in [1.807, 2.05) is 0 Å². The van der Waals surface area contributed by atoms with Crippen molar-refractivity contribution in [3.63, 3.8) is 0 Å². The highest BCUT2D eigenvalue weighted by Gasteiger charge is 2.59. The molecule has 7 heteroatoms. The van der Waals surface area contributed by atoms with Crippen molar-refractivity contribution in [3.05, 3.63) is 35.6 Å². The summed E-state index contributed by atoms with van der Waals surface area (Å²) in [6, 6.07) is 4.06. The lowest BCUT2D eigenvalue weighted by Gasteiger charge is -2.33. The van der Waals surface area contributed by atoms with Crippen LogP contribution in [0.4, 0.5) is 17.6 Å². The van der Waals surface area contributed by atoms with E-state index in [2.05, 4.69) is 4.74 Å². The quantitative estimate of drug-likeness (QED) is 0.852. The molecule has 0 fully saturated rings. The van der Waals surface area contributed by atoms with E-state index in [1.165, 1.54) is 12.1 Å². The molecule has 0 heterocycles. The number of carbonyl (C=O) groups is 1. The van der Waals surface area contributed by atoms with Gasteiger partial charge in [0, 0.05) is 12.7 Å². The summed E-state index contributed by atoms with van der Waals surface area (Å²) in [7, 11) is 0.697. The van der Waals surface area contributed by atoms with Crippen molar-refractivity contribution in [1.82, 2.24) is 0 Å². The standard InChI is InChI=1S/C11H10F4O3/c1-18-10(6-9(16)17,11(13,14)15)7-4-2-3-5-8(7)12/h2-5H,6H2,1H3,(H,16,17). The van der Waals surface area contributed by atoms with Gasteiger partial charge in [0.25, 0.3) is 0 Å². The molecule has 1 aromatic rings. The summed E-state index contributed by atoms with van der Waals surface area (Å²) in [6.45, 7) is 0. The largest absolute Gasteiger partial charge is 0.481 e. The van der Waals surface area contributed by atoms with Gasteiger partial charge in [-0.15, -0.1) is 0 Å². The van der Waals surface area contributed by atoms with Gasteiger partial charge in [0.05, 0.1) is 6.42 Å². The number of carboxylic acids is 1. The van der Waals surface area contributed by atoms with E-state index < -0.39 is 35.5 Å². The third-order valence-electron chi connectivity index (χ3n) is 2.52. The molecule has 0 aliphatic carbocycles. The number of carboxylic acid groups (broad SMARTS) is 1. The van der Waals surface area contributed by atoms with E-state index in [-0.39, 0.29) is 0 Å². The lowest BCUT2D eigenvalue weighted by molar-refractivity contribution is -0.279. The first kappa shape index (κ1) is 14.4. The summed E-state index contributed by atoms with van der Waals surface area (Å²) >= 11 is 0. The van der Waals surface area contributed by atoms with Gasteiger partial charge < -0.3 is 9.84 Å². The molecule has 3 nitrogen and oxygen atoms in total. The highest BCUT2D eigenvalue weighted by molar-refractivity contribution is 5.69. The first-order chi connectivity index (χ1) is 8.24. The second-order valence-corrected chi connectivity index (χ2v) is 3.58. The van der Waals surface area contributed by atoms with Gasteiger partial charge in [0.2, 0.25) is 5.60 Å². The zero-order valence-corrected chi connectivity index (χ0v) is 9.29. The molecule has 1 N–H and O–H groups in total. The number of aliphatic carboxylic acids is 1. The number of ether oxygens (including phenoxy) is 1. The summed E-state index contributed by atoms with van der Waals surface area (Å²) in [4.78, 5) is 10.6. The van der Waals surface area contributed by atoms with Gasteiger partial charge in [0.1, 0.15) is 5.82 Å². The summed E-state index contributed by atoms with van der Waals surface area (Å²) < 4.78 is 57.0. The molecule has 1 unspecified atom stereocenters. The van der Waals surface area contributed by atoms with Crippen LogP contribution in [0.15, 0.2) is 24.3 Å². The second kappa shape index (κ2) is 4.93. The number of alkyl halides is 3. The van der Waals surface area contributed by atoms with Crippen LogP contribution >= 0.6 is 0 Å². The molecule has 0 saturated heterocycles. The molecule has 18 heavy (non-hydrogen) atoms. The first-order valence-electron chi connectivity index (χ1n) is 4.83. The van der Waals surface area contributed by atoms with Gasteiger partial charge >= 0.3 is 12.1 Å². The van der Waals surface area contributed by atoms with Crippen LogP contribution in [-0.2, 0) is 15.1 Å². The molecule has 0 aliphatic rings. The summed E-state index contributed by atoms with van der Waals surface area (Å²) in [5.74, 6) is -2.91.